The summed E-state index contributed by atoms with van der Waals surface area (Å²) in [6, 6.07) is 141. The number of aromatic nitrogens is 8. The summed E-state index contributed by atoms with van der Waals surface area (Å²) in [5.41, 5.74) is 17.0. The average Bonchev–Trinajstić information content (AvgIpc) is 1.56. The van der Waals surface area contributed by atoms with Crippen LogP contribution in [0, 0.1) is 0 Å². The Hall–Kier alpha value is -15.6. The zero-order valence-electron chi connectivity index (χ0n) is 62.5. The largest absolute Gasteiger partial charge is 0.309 e. The molecule has 0 bridgehead atoms. The number of rotatable bonds is 6. The van der Waals surface area contributed by atoms with Crippen LogP contribution in [-0.2, 0) is 0 Å². The van der Waals surface area contributed by atoms with Crippen LogP contribution in [0.25, 0.3) is 241 Å². The lowest BCUT2D eigenvalue weighted by molar-refractivity contribution is 1.01. The third-order valence-electron chi connectivity index (χ3n) is 24.5. The zero-order valence-corrected chi connectivity index (χ0v) is 62.5. The van der Waals surface area contributed by atoms with Crippen molar-refractivity contribution in [3.8, 4) is 45.8 Å². The van der Waals surface area contributed by atoms with E-state index in [1.54, 1.807) is 0 Å². The molecule has 0 aliphatic carbocycles. The summed E-state index contributed by atoms with van der Waals surface area (Å²) in [5, 5.41) is 31.4. The molecule has 0 spiro atoms. The van der Waals surface area contributed by atoms with E-state index < -0.39 is 0 Å². The van der Waals surface area contributed by atoms with Crippen molar-refractivity contribution in [2.24, 2.45) is 0 Å². The lowest BCUT2D eigenvalue weighted by Crippen LogP contribution is -2.03. The molecular formula is C108H64N8. The SMILES string of the molecule is c1ccc2c(c1)ccc1ccc(-c3nc(-n4c5ccc(-n6c7ccccc7c7c8ccccc8ccc76)cc5c5c6ccccc6ccc54)nc4ccccc34)cc12.c1ccc2cc3c(cc2c1)c1ccccc1n3-c1ccc2c(c1)c1c3ccccc3ccc1n2-c1nc(-c2ccc3c(ccc4ccccc43)c2)c2ccccc2n1. The number of hydrogen-bond donors (Lipinski definition) is 0. The van der Waals surface area contributed by atoms with E-state index in [0.29, 0.717) is 11.9 Å². The Balaban J connectivity index is 0.000000130. The van der Waals surface area contributed by atoms with E-state index in [-0.39, 0.29) is 0 Å². The maximum atomic E-state index is 5.51. The van der Waals surface area contributed by atoms with Crippen molar-refractivity contribution in [1.82, 2.24) is 38.2 Å². The quantitative estimate of drug-likeness (QED) is 0.156. The number of fused-ring (bicyclic) bond motifs is 27. The van der Waals surface area contributed by atoms with Crippen molar-refractivity contribution < 1.29 is 0 Å². The van der Waals surface area contributed by atoms with E-state index in [2.05, 4.69) is 407 Å². The van der Waals surface area contributed by atoms with Crippen molar-refractivity contribution in [1.29, 1.82) is 0 Å². The van der Waals surface area contributed by atoms with Crippen molar-refractivity contribution in [3.63, 3.8) is 0 Å². The minimum atomic E-state index is 0.651. The molecule has 0 unspecified atom stereocenters. The summed E-state index contributed by atoms with van der Waals surface area (Å²) in [4.78, 5) is 21.6. The molecule has 0 aliphatic rings. The van der Waals surface area contributed by atoms with Crippen LogP contribution in [0.5, 0.6) is 0 Å². The number of hydrogen-bond acceptors (Lipinski definition) is 4. The van der Waals surface area contributed by atoms with Gasteiger partial charge in [-0.15, -0.1) is 0 Å². The van der Waals surface area contributed by atoms with E-state index in [9.17, 15) is 0 Å². The van der Waals surface area contributed by atoms with E-state index in [4.69, 9.17) is 19.9 Å². The molecule has 0 radical (unpaired) electrons. The maximum Gasteiger partial charge on any atom is 0.235 e. The first-order chi connectivity index (χ1) is 57.5. The van der Waals surface area contributed by atoms with Gasteiger partial charge in [0.25, 0.3) is 0 Å². The smallest absolute Gasteiger partial charge is 0.235 e. The highest BCUT2D eigenvalue weighted by atomic mass is 15.2. The van der Waals surface area contributed by atoms with Crippen molar-refractivity contribution >= 4 is 195 Å². The third kappa shape index (κ3) is 9.62. The lowest BCUT2D eigenvalue weighted by atomic mass is 9.98. The molecule has 6 heterocycles. The van der Waals surface area contributed by atoms with Gasteiger partial charge in [0.05, 0.1) is 66.6 Å². The lowest BCUT2D eigenvalue weighted by Gasteiger charge is -2.13. The molecule has 0 aliphatic heterocycles. The maximum absolute atomic E-state index is 5.51. The van der Waals surface area contributed by atoms with Crippen LogP contribution in [0.2, 0.25) is 0 Å². The molecule has 0 atom stereocenters. The molecule has 0 fully saturated rings. The molecule has 6 aromatic heterocycles. The fraction of sp³-hybridized carbons (Fsp3) is 0. The fourth-order valence-electron chi connectivity index (χ4n) is 19.3. The average molecular weight is 1470 g/mol. The van der Waals surface area contributed by atoms with E-state index >= 15 is 0 Å². The van der Waals surface area contributed by atoms with Gasteiger partial charge in [0, 0.05) is 76.4 Å². The van der Waals surface area contributed by atoms with Gasteiger partial charge in [0.1, 0.15) is 0 Å². The molecule has 536 valence electrons. The molecular weight excluding hydrogens is 1410 g/mol. The first-order valence-electron chi connectivity index (χ1n) is 39.7. The summed E-state index contributed by atoms with van der Waals surface area (Å²) in [5.74, 6) is 1.30. The Morgan fingerprint density at radius 3 is 1.03 bits per heavy atom. The fourth-order valence-corrected chi connectivity index (χ4v) is 19.3. The molecule has 0 N–H and O–H groups in total. The van der Waals surface area contributed by atoms with Crippen molar-refractivity contribution in [3.05, 3.63) is 388 Å². The molecule has 0 saturated carbocycles. The van der Waals surface area contributed by atoms with Crippen LogP contribution in [0.3, 0.4) is 0 Å². The minimum Gasteiger partial charge on any atom is -0.309 e. The Labute approximate surface area is 663 Å². The Bertz CT molecular complexity index is 8760. The van der Waals surface area contributed by atoms with E-state index in [1.807, 2.05) is 0 Å². The van der Waals surface area contributed by atoms with Crippen molar-refractivity contribution in [2.45, 2.75) is 0 Å². The van der Waals surface area contributed by atoms with Gasteiger partial charge in [-0.25, -0.2) is 19.9 Å². The molecule has 0 saturated heterocycles. The zero-order chi connectivity index (χ0) is 75.8. The van der Waals surface area contributed by atoms with Gasteiger partial charge in [-0.3, -0.25) is 9.13 Å². The van der Waals surface area contributed by atoms with Gasteiger partial charge in [0.15, 0.2) is 0 Å². The second-order valence-corrected chi connectivity index (χ2v) is 30.8. The highest BCUT2D eigenvalue weighted by Crippen LogP contribution is 2.46. The van der Waals surface area contributed by atoms with Gasteiger partial charge in [-0.05, 0) is 189 Å². The number of benzene rings is 20. The summed E-state index contributed by atoms with van der Waals surface area (Å²) in [7, 11) is 0. The Kier molecular flexibility index (Phi) is 13.8. The first-order valence-corrected chi connectivity index (χ1v) is 39.7. The van der Waals surface area contributed by atoms with Crippen LogP contribution >= 0.6 is 0 Å². The van der Waals surface area contributed by atoms with Crippen LogP contribution in [0.4, 0.5) is 0 Å². The van der Waals surface area contributed by atoms with Gasteiger partial charge >= 0.3 is 0 Å². The van der Waals surface area contributed by atoms with Gasteiger partial charge in [0.2, 0.25) is 11.9 Å². The Morgan fingerprint density at radius 1 is 0.155 bits per heavy atom. The van der Waals surface area contributed by atoms with Gasteiger partial charge < -0.3 is 9.13 Å². The second-order valence-electron chi connectivity index (χ2n) is 30.8. The summed E-state index contributed by atoms with van der Waals surface area (Å²) in [6.45, 7) is 0. The van der Waals surface area contributed by atoms with Gasteiger partial charge in [-0.2, -0.15) is 0 Å². The van der Waals surface area contributed by atoms with Crippen LogP contribution in [0.15, 0.2) is 388 Å². The molecule has 8 heteroatoms. The minimum absolute atomic E-state index is 0.651. The van der Waals surface area contributed by atoms with Crippen LogP contribution in [0.1, 0.15) is 0 Å². The first kappa shape index (κ1) is 64.1. The molecule has 26 rings (SSSR count). The van der Waals surface area contributed by atoms with Crippen molar-refractivity contribution in [2.75, 3.05) is 0 Å². The monoisotopic (exact) mass is 1470 g/mol. The summed E-state index contributed by atoms with van der Waals surface area (Å²) < 4.78 is 9.40. The van der Waals surface area contributed by atoms with Gasteiger partial charge in [-0.1, -0.05) is 285 Å². The molecule has 26 aromatic rings. The molecule has 116 heavy (non-hydrogen) atoms. The Morgan fingerprint density at radius 2 is 0.491 bits per heavy atom. The molecule has 20 aromatic carbocycles. The number of nitrogens with zero attached hydrogens (tertiary/aromatic N) is 8. The van der Waals surface area contributed by atoms with E-state index in [0.717, 1.165) is 88.5 Å². The molecule has 8 nitrogen and oxygen atoms in total. The highest BCUT2D eigenvalue weighted by molar-refractivity contribution is 6.26. The normalized spacial score (nSPS) is 12.1. The predicted molar refractivity (Wildman–Crippen MR) is 487 cm³/mol. The number of para-hydroxylation sites is 4. The molecule has 0 amide bonds. The van der Waals surface area contributed by atoms with E-state index in [1.165, 1.54) is 141 Å². The standard InChI is InChI=1S/2C54H32N4/c1-4-14-39-33(11-1)21-22-36-23-24-37(31-44(36)39)53-42-17-7-9-19-46(42)55-54(56-53)58-48-30-27-38(32-45(48)52-41-16-6-3-13-35(41)26-29-50(52)58)57-47-20-10-8-18-43(47)51-40-15-5-2-12-34(40)25-28-49(51)57;1-2-14-36-31-51-45(30-35(36)13-1)43-17-8-10-20-48(43)57(51)39-25-28-49-46(32-39)52-42-16-6-4-12-34(42)24-27-50(52)58(49)54-55-47-19-9-7-18-44(47)53(56-54)38-23-26-41-37(29-38)22-21-33-11-3-5-15-40(33)41/h2*1-32H. The van der Waals surface area contributed by atoms with Crippen LogP contribution in [-0.4, -0.2) is 38.2 Å². The summed E-state index contributed by atoms with van der Waals surface area (Å²) in [6.07, 6.45) is 0. The highest BCUT2D eigenvalue weighted by Gasteiger charge is 2.25. The summed E-state index contributed by atoms with van der Waals surface area (Å²) >= 11 is 0. The topological polar surface area (TPSA) is 71.3 Å². The predicted octanol–water partition coefficient (Wildman–Crippen LogP) is 28.2. The third-order valence-corrected chi connectivity index (χ3v) is 24.5. The second kappa shape index (κ2) is 24.9. The van der Waals surface area contributed by atoms with Crippen LogP contribution < -0.4 is 0 Å².